The summed E-state index contributed by atoms with van der Waals surface area (Å²) in [5.74, 6) is 0. The van der Waals surface area contributed by atoms with Crippen LogP contribution in [0.25, 0.3) is 0 Å². The fraction of sp³-hybridized carbons (Fsp3) is 0.600. The number of rotatable bonds is 6. The highest BCUT2D eigenvalue weighted by atomic mass is 32.2. The third-order valence-electron chi connectivity index (χ3n) is 4.61. The van der Waals surface area contributed by atoms with Crippen molar-refractivity contribution in [2.75, 3.05) is 12.3 Å². The number of sulfonamides is 1. The molecule has 1 aromatic rings. The van der Waals surface area contributed by atoms with E-state index < -0.39 is 10.0 Å². The maximum absolute atomic E-state index is 12.3. The van der Waals surface area contributed by atoms with E-state index in [2.05, 4.69) is 11.6 Å². The summed E-state index contributed by atoms with van der Waals surface area (Å²) in [6.07, 6.45) is 5.25. The Bertz CT molecular complexity index is 572. The molecule has 2 rings (SSSR count). The Morgan fingerprint density at radius 1 is 1.30 bits per heavy atom. The molecule has 112 valence electrons. The summed E-state index contributed by atoms with van der Waals surface area (Å²) in [6.45, 7) is 4.66. The van der Waals surface area contributed by atoms with E-state index in [0.717, 1.165) is 31.2 Å². The molecule has 3 N–H and O–H groups in total. The molecule has 0 radical (unpaired) electrons. The second-order valence-corrected chi connectivity index (χ2v) is 7.51. The average molecular weight is 296 g/mol. The van der Waals surface area contributed by atoms with Gasteiger partial charge in [-0.3, -0.25) is 0 Å². The monoisotopic (exact) mass is 296 g/mol. The molecule has 1 aromatic carbocycles. The fourth-order valence-corrected chi connectivity index (χ4v) is 3.92. The maximum Gasteiger partial charge on any atom is 0.240 e. The lowest BCUT2D eigenvalue weighted by Crippen LogP contribution is -2.41. The first kappa shape index (κ1) is 15.3. The molecule has 0 atom stereocenters. The van der Waals surface area contributed by atoms with Gasteiger partial charge in [0.15, 0.2) is 0 Å². The van der Waals surface area contributed by atoms with Crippen molar-refractivity contribution in [3.8, 4) is 0 Å². The van der Waals surface area contributed by atoms with Gasteiger partial charge in [-0.2, -0.15) is 0 Å². The van der Waals surface area contributed by atoms with Gasteiger partial charge in [0.05, 0.1) is 4.90 Å². The van der Waals surface area contributed by atoms with Crippen LogP contribution in [0.4, 0.5) is 5.69 Å². The maximum atomic E-state index is 12.3. The molecule has 1 fully saturated rings. The summed E-state index contributed by atoms with van der Waals surface area (Å²) in [4.78, 5) is 0.262. The number of anilines is 1. The van der Waals surface area contributed by atoms with Crippen molar-refractivity contribution in [1.29, 1.82) is 0 Å². The Morgan fingerprint density at radius 3 is 2.45 bits per heavy atom. The third kappa shape index (κ3) is 2.99. The van der Waals surface area contributed by atoms with Crippen LogP contribution in [0.2, 0.25) is 0 Å². The van der Waals surface area contributed by atoms with Crippen LogP contribution in [0, 0.1) is 5.41 Å². The van der Waals surface area contributed by atoms with Gasteiger partial charge >= 0.3 is 0 Å². The van der Waals surface area contributed by atoms with E-state index in [1.165, 1.54) is 6.42 Å². The van der Waals surface area contributed by atoms with Crippen LogP contribution in [-0.4, -0.2) is 15.0 Å². The first-order chi connectivity index (χ1) is 9.42. The van der Waals surface area contributed by atoms with Gasteiger partial charge in [-0.25, -0.2) is 13.1 Å². The highest BCUT2D eigenvalue weighted by molar-refractivity contribution is 7.89. The Balaban J connectivity index is 2.12. The van der Waals surface area contributed by atoms with E-state index in [4.69, 9.17) is 5.73 Å². The fourth-order valence-electron chi connectivity index (χ4n) is 2.73. The number of nitrogen functional groups attached to an aromatic ring is 1. The largest absolute Gasteiger partial charge is 0.398 e. The average Bonchev–Trinajstić information content (AvgIpc) is 2.38. The van der Waals surface area contributed by atoms with Gasteiger partial charge in [-0.15, -0.1) is 0 Å². The Morgan fingerprint density at radius 2 is 2.00 bits per heavy atom. The molecule has 5 heteroatoms. The van der Waals surface area contributed by atoms with Crippen molar-refractivity contribution in [3.05, 3.63) is 23.8 Å². The molecule has 0 spiro atoms. The smallest absolute Gasteiger partial charge is 0.240 e. The van der Waals surface area contributed by atoms with Crippen LogP contribution in [0.1, 0.15) is 45.1 Å². The molecule has 0 saturated heterocycles. The molecule has 0 aliphatic heterocycles. The molecular formula is C15H24N2O2S. The Hall–Kier alpha value is -1.07. The normalized spacial score (nSPS) is 17.7. The standard InChI is InChI=1S/C15H24N2O2S/c1-3-12-6-7-13(10-14(12)16)20(18,19)17-11-15(4-2)8-5-9-15/h6-7,10,17H,3-5,8-9,11,16H2,1-2H3. The predicted molar refractivity (Wildman–Crippen MR) is 82.0 cm³/mol. The van der Waals surface area contributed by atoms with Gasteiger partial charge in [0.25, 0.3) is 0 Å². The zero-order valence-electron chi connectivity index (χ0n) is 12.3. The Kier molecular flexibility index (Phi) is 4.39. The van der Waals surface area contributed by atoms with Crippen molar-refractivity contribution in [2.24, 2.45) is 5.41 Å². The third-order valence-corrected chi connectivity index (χ3v) is 6.01. The first-order valence-corrected chi connectivity index (χ1v) is 8.79. The number of aryl methyl sites for hydroxylation is 1. The van der Waals surface area contributed by atoms with E-state index in [0.29, 0.717) is 12.2 Å². The van der Waals surface area contributed by atoms with Crippen molar-refractivity contribution in [3.63, 3.8) is 0 Å². The van der Waals surface area contributed by atoms with Crippen LogP contribution < -0.4 is 10.5 Å². The SMILES string of the molecule is CCc1ccc(S(=O)(=O)NCC2(CC)CCC2)cc1N. The summed E-state index contributed by atoms with van der Waals surface area (Å²) in [5, 5.41) is 0. The molecule has 0 aromatic heterocycles. The molecule has 1 saturated carbocycles. The molecule has 1 aliphatic rings. The molecular weight excluding hydrogens is 272 g/mol. The number of hydrogen-bond donors (Lipinski definition) is 2. The first-order valence-electron chi connectivity index (χ1n) is 7.30. The van der Waals surface area contributed by atoms with E-state index in [9.17, 15) is 8.42 Å². The lowest BCUT2D eigenvalue weighted by atomic mass is 9.67. The minimum Gasteiger partial charge on any atom is -0.398 e. The summed E-state index contributed by atoms with van der Waals surface area (Å²) in [5.41, 5.74) is 7.58. The zero-order valence-corrected chi connectivity index (χ0v) is 13.1. The number of hydrogen-bond acceptors (Lipinski definition) is 3. The van der Waals surface area contributed by atoms with E-state index in [1.807, 2.05) is 6.92 Å². The molecule has 20 heavy (non-hydrogen) atoms. The quantitative estimate of drug-likeness (QED) is 0.793. The predicted octanol–water partition coefficient (Wildman–Crippen LogP) is 2.69. The summed E-state index contributed by atoms with van der Waals surface area (Å²) >= 11 is 0. The second-order valence-electron chi connectivity index (χ2n) is 5.75. The molecule has 0 amide bonds. The van der Waals surface area contributed by atoms with Crippen LogP contribution >= 0.6 is 0 Å². The van der Waals surface area contributed by atoms with E-state index in [1.54, 1.807) is 18.2 Å². The van der Waals surface area contributed by atoms with Crippen LogP contribution in [0.15, 0.2) is 23.1 Å². The van der Waals surface area contributed by atoms with E-state index >= 15 is 0 Å². The van der Waals surface area contributed by atoms with Crippen LogP contribution in [-0.2, 0) is 16.4 Å². The second kappa shape index (κ2) is 5.74. The lowest BCUT2D eigenvalue weighted by Gasteiger charge is -2.41. The van der Waals surface area contributed by atoms with Crippen LogP contribution in [0.5, 0.6) is 0 Å². The van der Waals surface area contributed by atoms with Gasteiger partial charge in [0.2, 0.25) is 10.0 Å². The Labute approximate surface area is 121 Å². The van der Waals surface area contributed by atoms with Crippen molar-refractivity contribution < 1.29 is 8.42 Å². The van der Waals surface area contributed by atoms with Gasteiger partial charge in [0, 0.05) is 12.2 Å². The van der Waals surface area contributed by atoms with Gasteiger partial charge in [-0.05, 0) is 48.8 Å². The molecule has 0 unspecified atom stereocenters. The van der Waals surface area contributed by atoms with Gasteiger partial charge in [-0.1, -0.05) is 26.3 Å². The van der Waals surface area contributed by atoms with Gasteiger partial charge in [0.1, 0.15) is 0 Å². The summed E-state index contributed by atoms with van der Waals surface area (Å²) < 4.78 is 27.4. The highest BCUT2D eigenvalue weighted by Crippen LogP contribution is 2.43. The van der Waals surface area contributed by atoms with Gasteiger partial charge < -0.3 is 5.73 Å². The van der Waals surface area contributed by atoms with Crippen LogP contribution in [0.3, 0.4) is 0 Å². The lowest BCUT2D eigenvalue weighted by molar-refractivity contribution is 0.133. The molecule has 4 nitrogen and oxygen atoms in total. The molecule has 1 aliphatic carbocycles. The van der Waals surface area contributed by atoms with Crippen molar-refractivity contribution in [2.45, 2.75) is 50.8 Å². The number of nitrogens with one attached hydrogen (secondary N) is 1. The van der Waals surface area contributed by atoms with Crippen molar-refractivity contribution in [1.82, 2.24) is 4.72 Å². The molecule has 0 heterocycles. The van der Waals surface area contributed by atoms with Crippen molar-refractivity contribution >= 4 is 15.7 Å². The highest BCUT2D eigenvalue weighted by Gasteiger charge is 2.36. The minimum absolute atomic E-state index is 0.169. The summed E-state index contributed by atoms with van der Waals surface area (Å²) in [7, 11) is -3.46. The molecule has 0 bridgehead atoms. The number of benzene rings is 1. The number of nitrogens with two attached hydrogens (primary N) is 1. The van der Waals surface area contributed by atoms with E-state index in [-0.39, 0.29) is 10.3 Å². The topological polar surface area (TPSA) is 72.2 Å². The zero-order chi connectivity index (χ0) is 14.8. The summed E-state index contributed by atoms with van der Waals surface area (Å²) in [6, 6.07) is 4.99. The minimum atomic E-state index is -3.46.